The lowest BCUT2D eigenvalue weighted by Crippen LogP contribution is -2.21. The largest absolute Gasteiger partial charge is 0.285 e. The van der Waals surface area contributed by atoms with E-state index in [0.29, 0.717) is 11.1 Å². The normalized spacial score (nSPS) is 15.1. The second-order valence-corrected chi connectivity index (χ2v) is 6.58. The highest BCUT2D eigenvalue weighted by molar-refractivity contribution is 7.90. The summed E-state index contributed by atoms with van der Waals surface area (Å²) in [6.07, 6.45) is 1.41. The number of rotatable bonds is 3. The molecule has 0 fully saturated rings. The molecule has 0 atom stereocenters. The number of sulfonamides is 1. The van der Waals surface area contributed by atoms with Gasteiger partial charge in [-0.1, -0.05) is 24.3 Å². The zero-order valence-corrected chi connectivity index (χ0v) is 13.3. The summed E-state index contributed by atoms with van der Waals surface area (Å²) in [5.41, 5.74) is 0.940. The van der Waals surface area contributed by atoms with E-state index >= 15 is 0 Å². The molecule has 2 aromatic rings. The van der Waals surface area contributed by atoms with Gasteiger partial charge in [-0.25, -0.2) is 5.01 Å². The number of hydrogen-bond acceptors (Lipinski definition) is 6. The van der Waals surface area contributed by atoms with Crippen LogP contribution in [0.25, 0.3) is 0 Å². The molecule has 1 aliphatic rings. The molecular formula is C15H12N4O4S. The van der Waals surface area contributed by atoms with Gasteiger partial charge in [0.2, 0.25) is 0 Å². The van der Waals surface area contributed by atoms with E-state index in [1.54, 1.807) is 37.4 Å². The van der Waals surface area contributed by atoms with Gasteiger partial charge in [0.15, 0.2) is 5.84 Å². The van der Waals surface area contributed by atoms with Gasteiger partial charge in [-0.3, -0.25) is 10.1 Å². The first kappa shape index (κ1) is 15.8. The standard InChI is InChI=1S/C15H12N4O4S/c1-18(16-10-11-5-4-6-12(9-11)19(20)21)15-13-7-2-3-8-14(13)24(22,23)17-15/h2-10H,1H3/b16-10+. The summed E-state index contributed by atoms with van der Waals surface area (Å²) >= 11 is 0. The van der Waals surface area contributed by atoms with Crippen LogP contribution in [0.4, 0.5) is 5.69 Å². The van der Waals surface area contributed by atoms with Gasteiger partial charge in [-0.05, 0) is 12.1 Å². The number of nitrogens with zero attached hydrogens (tertiary/aromatic N) is 4. The Morgan fingerprint density at radius 2 is 1.96 bits per heavy atom. The quantitative estimate of drug-likeness (QED) is 0.481. The molecule has 0 aliphatic carbocycles. The monoisotopic (exact) mass is 344 g/mol. The lowest BCUT2D eigenvalue weighted by atomic mass is 10.2. The summed E-state index contributed by atoms with van der Waals surface area (Å²) in [5.74, 6) is 0.201. The summed E-state index contributed by atoms with van der Waals surface area (Å²) in [4.78, 5) is 10.4. The summed E-state index contributed by atoms with van der Waals surface area (Å²) < 4.78 is 27.8. The number of amidine groups is 1. The van der Waals surface area contributed by atoms with Crippen LogP contribution in [0.5, 0.6) is 0 Å². The summed E-state index contributed by atoms with van der Waals surface area (Å²) in [7, 11) is -2.16. The van der Waals surface area contributed by atoms with E-state index in [1.165, 1.54) is 29.4 Å². The van der Waals surface area contributed by atoms with E-state index in [0.717, 1.165) is 0 Å². The van der Waals surface area contributed by atoms with Crippen molar-refractivity contribution in [1.29, 1.82) is 0 Å². The van der Waals surface area contributed by atoms with E-state index < -0.39 is 14.9 Å². The fourth-order valence-corrected chi connectivity index (χ4v) is 3.48. The van der Waals surface area contributed by atoms with Crippen LogP contribution >= 0.6 is 0 Å². The first-order valence-electron chi connectivity index (χ1n) is 6.85. The van der Waals surface area contributed by atoms with Crippen LogP contribution < -0.4 is 0 Å². The molecule has 3 rings (SSSR count). The highest BCUT2D eigenvalue weighted by Gasteiger charge is 2.30. The maximum atomic E-state index is 12.0. The molecule has 122 valence electrons. The predicted molar refractivity (Wildman–Crippen MR) is 88.6 cm³/mol. The number of benzene rings is 2. The second-order valence-electron chi connectivity index (χ2n) is 5.01. The first-order chi connectivity index (χ1) is 11.4. The van der Waals surface area contributed by atoms with Gasteiger partial charge in [0, 0.05) is 30.3 Å². The van der Waals surface area contributed by atoms with Crippen molar-refractivity contribution in [2.24, 2.45) is 9.50 Å². The number of fused-ring (bicyclic) bond motifs is 1. The molecular weight excluding hydrogens is 332 g/mol. The Bertz CT molecular complexity index is 982. The second kappa shape index (κ2) is 5.85. The summed E-state index contributed by atoms with van der Waals surface area (Å²) in [6, 6.07) is 12.4. The smallest absolute Gasteiger partial charge is 0.258 e. The molecule has 0 aromatic heterocycles. The molecule has 9 heteroatoms. The molecule has 0 amide bonds. The van der Waals surface area contributed by atoms with Gasteiger partial charge < -0.3 is 0 Å². The lowest BCUT2D eigenvalue weighted by molar-refractivity contribution is -0.384. The van der Waals surface area contributed by atoms with Gasteiger partial charge in [0.05, 0.1) is 11.1 Å². The number of hydrogen-bond donors (Lipinski definition) is 0. The molecule has 0 radical (unpaired) electrons. The minimum absolute atomic E-state index is 0.0484. The van der Waals surface area contributed by atoms with Crippen LogP contribution in [0.15, 0.2) is 62.9 Å². The molecule has 8 nitrogen and oxygen atoms in total. The van der Waals surface area contributed by atoms with Crippen LogP contribution in [-0.4, -0.2) is 37.4 Å². The predicted octanol–water partition coefficient (Wildman–Crippen LogP) is 2.01. The fourth-order valence-electron chi connectivity index (χ4n) is 2.25. The van der Waals surface area contributed by atoms with Crippen LogP contribution in [0.2, 0.25) is 0 Å². The van der Waals surface area contributed by atoms with Gasteiger partial charge in [-0.15, -0.1) is 4.40 Å². The van der Waals surface area contributed by atoms with Crippen molar-refractivity contribution >= 4 is 27.8 Å². The molecule has 1 heterocycles. The van der Waals surface area contributed by atoms with E-state index in [2.05, 4.69) is 9.50 Å². The van der Waals surface area contributed by atoms with Crippen molar-refractivity contribution in [3.05, 3.63) is 69.8 Å². The third-order valence-corrected chi connectivity index (χ3v) is 4.71. The molecule has 0 bridgehead atoms. The Labute approximate surface area is 138 Å². The van der Waals surface area contributed by atoms with Gasteiger partial charge in [0.1, 0.15) is 4.90 Å². The molecule has 0 unspecified atom stereocenters. The van der Waals surface area contributed by atoms with E-state index in [-0.39, 0.29) is 16.4 Å². The van der Waals surface area contributed by atoms with Crippen LogP contribution in [-0.2, 0) is 10.0 Å². The number of nitro groups is 1. The number of hydrazone groups is 1. The molecule has 0 spiro atoms. The van der Waals surface area contributed by atoms with E-state index in [4.69, 9.17) is 0 Å². The zero-order chi connectivity index (χ0) is 17.3. The highest BCUT2D eigenvalue weighted by Crippen LogP contribution is 2.27. The van der Waals surface area contributed by atoms with Crippen LogP contribution in [0, 0.1) is 10.1 Å². The van der Waals surface area contributed by atoms with Gasteiger partial charge in [-0.2, -0.15) is 13.5 Å². The number of non-ortho nitro benzene ring substituents is 1. The summed E-state index contributed by atoms with van der Waals surface area (Å²) in [6.45, 7) is 0. The topological polar surface area (TPSA) is 105 Å². The maximum absolute atomic E-state index is 12.0. The van der Waals surface area contributed by atoms with Crippen molar-refractivity contribution < 1.29 is 13.3 Å². The SMILES string of the molecule is CN(/N=C/c1cccc([N+](=O)[O-])c1)C1=NS(=O)(=O)c2ccccc21. The van der Waals surface area contributed by atoms with Crippen LogP contribution in [0.3, 0.4) is 0 Å². The van der Waals surface area contributed by atoms with Crippen LogP contribution in [0.1, 0.15) is 11.1 Å². The molecule has 24 heavy (non-hydrogen) atoms. The lowest BCUT2D eigenvalue weighted by Gasteiger charge is -2.12. The zero-order valence-electron chi connectivity index (χ0n) is 12.5. The molecule has 0 saturated carbocycles. The highest BCUT2D eigenvalue weighted by atomic mass is 32.2. The van der Waals surface area contributed by atoms with Crippen molar-refractivity contribution in [1.82, 2.24) is 5.01 Å². The molecule has 2 aromatic carbocycles. The Kier molecular flexibility index (Phi) is 3.86. The van der Waals surface area contributed by atoms with Gasteiger partial charge >= 0.3 is 0 Å². The van der Waals surface area contributed by atoms with Crippen molar-refractivity contribution in [2.75, 3.05) is 7.05 Å². The van der Waals surface area contributed by atoms with E-state index in [9.17, 15) is 18.5 Å². The molecule has 0 N–H and O–H groups in total. The average molecular weight is 344 g/mol. The van der Waals surface area contributed by atoms with Gasteiger partial charge in [0.25, 0.3) is 15.7 Å². The van der Waals surface area contributed by atoms with Crippen molar-refractivity contribution in [3.8, 4) is 0 Å². The van der Waals surface area contributed by atoms with Crippen molar-refractivity contribution in [3.63, 3.8) is 0 Å². The Morgan fingerprint density at radius 3 is 2.71 bits per heavy atom. The van der Waals surface area contributed by atoms with Crippen molar-refractivity contribution in [2.45, 2.75) is 4.90 Å². The maximum Gasteiger partial charge on any atom is 0.285 e. The fraction of sp³-hybridized carbons (Fsp3) is 0.0667. The minimum atomic E-state index is -3.72. The summed E-state index contributed by atoms with van der Waals surface area (Å²) in [5, 5.41) is 16.2. The Balaban J connectivity index is 1.90. The molecule has 0 saturated heterocycles. The number of nitro benzene ring substituents is 1. The Hall–Kier alpha value is -3.07. The third-order valence-electron chi connectivity index (χ3n) is 3.38. The van der Waals surface area contributed by atoms with E-state index in [1.807, 2.05) is 0 Å². The average Bonchev–Trinajstić information content (AvgIpc) is 2.85. The minimum Gasteiger partial charge on any atom is -0.258 e. The Morgan fingerprint density at radius 1 is 1.21 bits per heavy atom. The first-order valence-corrected chi connectivity index (χ1v) is 8.29. The third kappa shape index (κ3) is 2.88. The molecule has 1 aliphatic heterocycles.